The highest BCUT2D eigenvalue weighted by Gasteiger charge is 2.30. The number of alkyl halides is 5. The smallest absolute Gasteiger partial charge is 0.416 e. The molecule has 3 aromatic carbocycles. The fourth-order valence-corrected chi connectivity index (χ4v) is 3.74. The Hall–Kier alpha value is -3.46. The van der Waals surface area contributed by atoms with Crippen LogP contribution in [0, 0.1) is 0 Å². The second-order valence-corrected chi connectivity index (χ2v) is 7.86. The van der Waals surface area contributed by atoms with Crippen LogP contribution in [-0.4, -0.2) is 19.6 Å². The number of aryl methyl sites for hydroxylation is 1. The maximum absolute atomic E-state index is 12.9. The van der Waals surface area contributed by atoms with Crippen LogP contribution in [0.4, 0.5) is 22.0 Å². The molecule has 0 bridgehead atoms. The summed E-state index contributed by atoms with van der Waals surface area (Å²) >= 11 is 0. The lowest BCUT2D eigenvalue weighted by Crippen LogP contribution is -2.38. The highest BCUT2D eigenvalue weighted by molar-refractivity contribution is 5.83. The first-order chi connectivity index (χ1) is 16.7. The van der Waals surface area contributed by atoms with E-state index in [-0.39, 0.29) is 11.7 Å². The third-order valence-electron chi connectivity index (χ3n) is 5.50. The molecule has 0 radical (unpaired) electrons. The van der Waals surface area contributed by atoms with Crippen LogP contribution in [0.3, 0.4) is 0 Å². The van der Waals surface area contributed by atoms with Gasteiger partial charge >= 0.3 is 12.8 Å². The predicted molar refractivity (Wildman–Crippen MR) is 122 cm³/mol. The molecule has 1 unspecified atom stereocenters. The van der Waals surface area contributed by atoms with Gasteiger partial charge in [0.15, 0.2) is 0 Å². The van der Waals surface area contributed by atoms with Gasteiger partial charge in [0.25, 0.3) is 0 Å². The van der Waals surface area contributed by atoms with Gasteiger partial charge in [-0.3, -0.25) is 10.1 Å². The molecule has 0 heterocycles. The van der Waals surface area contributed by atoms with E-state index in [0.29, 0.717) is 29.5 Å². The number of ether oxygens (including phenoxy) is 1. The molecule has 3 aromatic rings. The summed E-state index contributed by atoms with van der Waals surface area (Å²) in [5, 5.41) is 5.91. The largest absolute Gasteiger partial charge is 0.435 e. The van der Waals surface area contributed by atoms with Gasteiger partial charge in [0.05, 0.1) is 5.56 Å². The summed E-state index contributed by atoms with van der Waals surface area (Å²) in [6.07, 6.45) is -3.67. The number of rotatable bonds is 10. The monoisotopic (exact) mass is 492 g/mol. The lowest BCUT2D eigenvalue weighted by atomic mass is 9.96. The quantitative estimate of drug-likeness (QED) is 0.339. The number of nitrogens with one attached hydrogen (secondary N) is 2. The van der Waals surface area contributed by atoms with Gasteiger partial charge in [-0.15, -0.1) is 0 Å². The lowest BCUT2D eigenvalue weighted by Gasteiger charge is -2.26. The molecule has 3 rings (SSSR count). The zero-order valence-electron chi connectivity index (χ0n) is 18.9. The summed E-state index contributed by atoms with van der Waals surface area (Å²) in [7, 11) is 1.51. The van der Waals surface area contributed by atoms with Crippen LogP contribution in [-0.2, 0) is 17.4 Å². The van der Waals surface area contributed by atoms with Crippen LogP contribution in [0.2, 0.25) is 0 Å². The van der Waals surface area contributed by atoms with Gasteiger partial charge < -0.3 is 10.1 Å². The summed E-state index contributed by atoms with van der Waals surface area (Å²) in [5.41, 5.74) is 1.23. The fourth-order valence-electron chi connectivity index (χ4n) is 3.74. The first-order valence-corrected chi connectivity index (χ1v) is 10.9. The molecule has 186 valence electrons. The summed E-state index contributed by atoms with van der Waals surface area (Å²) in [6.45, 7) is -2.99. The first-order valence-electron chi connectivity index (χ1n) is 10.9. The number of carbonyl (C=O) groups excluding carboxylic acids is 1. The number of hydrogen-bond acceptors (Lipinski definition) is 3. The third kappa shape index (κ3) is 7.51. The minimum atomic E-state index is -4.43. The van der Waals surface area contributed by atoms with E-state index in [1.807, 2.05) is 6.07 Å². The van der Waals surface area contributed by atoms with E-state index in [2.05, 4.69) is 15.4 Å². The van der Waals surface area contributed by atoms with Gasteiger partial charge in [-0.25, -0.2) is 0 Å². The lowest BCUT2D eigenvalue weighted by molar-refractivity contribution is -0.137. The molecular weight excluding hydrogens is 467 g/mol. The summed E-state index contributed by atoms with van der Waals surface area (Å²) in [5.74, 6) is -0.328. The zero-order chi connectivity index (χ0) is 25.4. The van der Waals surface area contributed by atoms with E-state index in [9.17, 15) is 26.7 Å². The number of likely N-dealkylation sites (N-methyl/N-ethyl adjacent to an activating group) is 1. The van der Waals surface area contributed by atoms with E-state index in [0.717, 1.165) is 12.1 Å². The molecule has 0 aromatic heterocycles. The van der Waals surface area contributed by atoms with Gasteiger partial charge in [-0.2, -0.15) is 22.0 Å². The van der Waals surface area contributed by atoms with Gasteiger partial charge in [-0.1, -0.05) is 54.6 Å². The highest BCUT2D eigenvalue weighted by atomic mass is 19.4. The summed E-state index contributed by atoms with van der Waals surface area (Å²) < 4.78 is 68.7. The second-order valence-electron chi connectivity index (χ2n) is 7.86. The van der Waals surface area contributed by atoms with Crippen LogP contribution in [0.25, 0.3) is 0 Å². The normalized spacial score (nSPS) is 13.3. The molecule has 0 saturated heterocycles. The zero-order valence-corrected chi connectivity index (χ0v) is 18.9. The van der Waals surface area contributed by atoms with Crippen molar-refractivity contribution in [3.05, 3.63) is 101 Å². The average Bonchev–Trinajstić information content (AvgIpc) is 2.84. The Morgan fingerprint density at radius 3 is 2.17 bits per heavy atom. The van der Waals surface area contributed by atoms with Crippen molar-refractivity contribution < 1.29 is 31.5 Å². The number of carbonyl (C=O) groups is 1. The minimum Gasteiger partial charge on any atom is -0.435 e. The predicted octanol–water partition coefficient (Wildman–Crippen LogP) is 6.06. The standard InChI is InChI=1S/C26H25F5N2O2/c1-32-24(34)23(18-6-3-2-4-7-18)33-22(19-8-5-9-21(16-19)35-25(27)28)15-12-17-10-13-20(14-11-17)26(29,30)31/h2-11,13-14,16,22-23,25,33H,12,15H2,1H3,(H,32,34)/t22-,23?/m0/s1. The van der Waals surface area contributed by atoms with Gasteiger partial charge in [0.2, 0.25) is 5.91 Å². The maximum atomic E-state index is 12.9. The molecule has 0 fully saturated rings. The number of halogens is 5. The van der Waals surface area contributed by atoms with Crippen LogP contribution in [0.15, 0.2) is 78.9 Å². The summed E-state index contributed by atoms with van der Waals surface area (Å²) in [4.78, 5) is 12.7. The molecule has 4 nitrogen and oxygen atoms in total. The molecule has 0 saturated carbocycles. The fraction of sp³-hybridized carbons (Fsp3) is 0.269. The molecule has 35 heavy (non-hydrogen) atoms. The molecule has 2 N–H and O–H groups in total. The molecular formula is C26H25F5N2O2. The first kappa shape index (κ1) is 26.2. The Morgan fingerprint density at radius 2 is 1.57 bits per heavy atom. The Labute approximate surface area is 200 Å². The summed E-state index contributed by atoms with van der Waals surface area (Å²) in [6, 6.07) is 18.7. The van der Waals surface area contributed by atoms with E-state index < -0.39 is 30.4 Å². The molecule has 9 heteroatoms. The van der Waals surface area contributed by atoms with Crippen molar-refractivity contribution >= 4 is 5.91 Å². The van der Waals surface area contributed by atoms with E-state index >= 15 is 0 Å². The van der Waals surface area contributed by atoms with E-state index in [1.165, 1.54) is 31.3 Å². The van der Waals surface area contributed by atoms with Gasteiger partial charge in [-0.05, 0) is 53.8 Å². The van der Waals surface area contributed by atoms with Crippen molar-refractivity contribution in [1.82, 2.24) is 10.6 Å². The van der Waals surface area contributed by atoms with Crippen LogP contribution in [0.1, 0.15) is 40.8 Å². The van der Waals surface area contributed by atoms with Crippen LogP contribution < -0.4 is 15.4 Å². The number of hydrogen-bond donors (Lipinski definition) is 2. The number of benzene rings is 3. The Bertz CT molecular complexity index is 1090. The van der Waals surface area contributed by atoms with Crippen LogP contribution >= 0.6 is 0 Å². The number of amides is 1. The molecule has 0 aliphatic rings. The molecule has 0 spiro atoms. The van der Waals surface area contributed by atoms with Crippen molar-refractivity contribution in [2.45, 2.75) is 37.7 Å². The van der Waals surface area contributed by atoms with E-state index in [1.54, 1.807) is 36.4 Å². The Balaban J connectivity index is 1.88. The van der Waals surface area contributed by atoms with Crippen molar-refractivity contribution in [1.29, 1.82) is 0 Å². The van der Waals surface area contributed by atoms with Crippen molar-refractivity contribution in [2.24, 2.45) is 0 Å². The van der Waals surface area contributed by atoms with Crippen molar-refractivity contribution in [3.8, 4) is 5.75 Å². The van der Waals surface area contributed by atoms with Crippen molar-refractivity contribution in [3.63, 3.8) is 0 Å². The maximum Gasteiger partial charge on any atom is 0.416 e. The third-order valence-corrected chi connectivity index (χ3v) is 5.50. The SMILES string of the molecule is CNC(=O)C(N[C@@H](CCc1ccc(C(F)(F)F)cc1)c1cccc(OC(F)F)c1)c1ccccc1. The second kappa shape index (κ2) is 11.8. The van der Waals surface area contributed by atoms with E-state index in [4.69, 9.17) is 0 Å². The van der Waals surface area contributed by atoms with Crippen LogP contribution in [0.5, 0.6) is 5.75 Å². The van der Waals surface area contributed by atoms with Crippen molar-refractivity contribution in [2.75, 3.05) is 7.05 Å². The Kier molecular flexibility index (Phi) is 8.81. The topological polar surface area (TPSA) is 50.4 Å². The minimum absolute atomic E-state index is 0.0324. The molecule has 1 amide bonds. The van der Waals surface area contributed by atoms with Gasteiger partial charge in [0.1, 0.15) is 11.8 Å². The van der Waals surface area contributed by atoms with Gasteiger partial charge in [0, 0.05) is 13.1 Å². The molecule has 0 aliphatic carbocycles. The highest BCUT2D eigenvalue weighted by Crippen LogP contribution is 2.31. The average molecular weight is 492 g/mol. The Morgan fingerprint density at radius 1 is 0.914 bits per heavy atom. The molecule has 2 atom stereocenters. The molecule has 0 aliphatic heterocycles.